The monoisotopic (exact) mass is 191 g/mol. The SMILES string of the molecule is CC(=CC(=O)O)c1ccc(N)cc1C. The molecule has 0 aliphatic rings. The van der Waals surface area contributed by atoms with Crippen LogP contribution in [-0.4, -0.2) is 11.1 Å². The Bertz CT molecular complexity index is 394. The summed E-state index contributed by atoms with van der Waals surface area (Å²) in [4.78, 5) is 10.5. The number of anilines is 1. The number of aryl methyl sites for hydroxylation is 1. The minimum Gasteiger partial charge on any atom is -0.478 e. The molecular weight excluding hydrogens is 178 g/mol. The van der Waals surface area contributed by atoms with E-state index < -0.39 is 5.97 Å². The first-order chi connectivity index (χ1) is 6.50. The number of carbonyl (C=O) groups is 1. The Kier molecular flexibility index (Phi) is 2.92. The predicted molar refractivity (Wildman–Crippen MR) is 56.9 cm³/mol. The van der Waals surface area contributed by atoms with Crippen LogP contribution in [0.3, 0.4) is 0 Å². The fraction of sp³-hybridized carbons (Fsp3) is 0.182. The quantitative estimate of drug-likeness (QED) is 0.555. The fourth-order valence-corrected chi connectivity index (χ4v) is 1.39. The summed E-state index contributed by atoms with van der Waals surface area (Å²) < 4.78 is 0. The van der Waals surface area contributed by atoms with Crippen LogP contribution < -0.4 is 5.73 Å². The summed E-state index contributed by atoms with van der Waals surface area (Å²) in [6.45, 7) is 3.68. The molecule has 3 N–H and O–H groups in total. The van der Waals surface area contributed by atoms with Crippen LogP contribution in [0.15, 0.2) is 24.3 Å². The van der Waals surface area contributed by atoms with Gasteiger partial charge in [-0.2, -0.15) is 0 Å². The van der Waals surface area contributed by atoms with Crippen molar-refractivity contribution in [2.45, 2.75) is 13.8 Å². The van der Waals surface area contributed by atoms with E-state index in [0.717, 1.165) is 16.7 Å². The first-order valence-electron chi connectivity index (χ1n) is 4.28. The summed E-state index contributed by atoms with van der Waals surface area (Å²) in [5, 5.41) is 8.59. The highest BCUT2D eigenvalue weighted by molar-refractivity contribution is 5.90. The second-order valence-corrected chi connectivity index (χ2v) is 3.24. The van der Waals surface area contributed by atoms with Gasteiger partial charge in [0.1, 0.15) is 0 Å². The van der Waals surface area contributed by atoms with Crippen molar-refractivity contribution in [3.8, 4) is 0 Å². The van der Waals surface area contributed by atoms with Crippen molar-refractivity contribution in [1.82, 2.24) is 0 Å². The maximum Gasteiger partial charge on any atom is 0.328 e. The van der Waals surface area contributed by atoms with Gasteiger partial charge in [-0.05, 0) is 42.7 Å². The maximum atomic E-state index is 10.5. The van der Waals surface area contributed by atoms with E-state index in [1.807, 2.05) is 19.1 Å². The number of nitrogens with two attached hydrogens (primary N) is 1. The Morgan fingerprint density at radius 2 is 2.14 bits per heavy atom. The highest BCUT2D eigenvalue weighted by Crippen LogP contribution is 2.20. The Labute approximate surface area is 82.9 Å². The molecule has 0 aliphatic heterocycles. The molecule has 74 valence electrons. The molecule has 0 aromatic heterocycles. The third kappa shape index (κ3) is 2.36. The van der Waals surface area contributed by atoms with Gasteiger partial charge in [-0.3, -0.25) is 0 Å². The molecule has 0 heterocycles. The molecule has 0 spiro atoms. The van der Waals surface area contributed by atoms with Gasteiger partial charge in [-0.1, -0.05) is 6.07 Å². The molecule has 0 aliphatic carbocycles. The summed E-state index contributed by atoms with van der Waals surface area (Å²) in [7, 11) is 0. The molecule has 0 saturated carbocycles. The van der Waals surface area contributed by atoms with Crippen molar-refractivity contribution in [3.05, 3.63) is 35.4 Å². The van der Waals surface area contributed by atoms with Gasteiger partial charge in [0.25, 0.3) is 0 Å². The van der Waals surface area contributed by atoms with Crippen molar-refractivity contribution < 1.29 is 9.90 Å². The van der Waals surface area contributed by atoms with E-state index in [2.05, 4.69) is 0 Å². The fourth-order valence-electron chi connectivity index (χ4n) is 1.39. The average molecular weight is 191 g/mol. The summed E-state index contributed by atoms with van der Waals surface area (Å²) in [5.41, 5.74) is 8.92. The van der Waals surface area contributed by atoms with Crippen LogP contribution in [0.1, 0.15) is 18.1 Å². The van der Waals surface area contributed by atoms with Crippen molar-refractivity contribution in [1.29, 1.82) is 0 Å². The zero-order valence-electron chi connectivity index (χ0n) is 8.24. The molecule has 0 unspecified atom stereocenters. The lowest BCUT2D eigenvalue weighted by Crippen LogP contribution is -1.93. The molecule has 14 heavy (non-hydrogen) atoms. The van der Waals surface area contributed by atoms with Crippen molar-refractivity contribution >= 4 is 17.2 Å². The number of hydrogen-bond donors (Lipinski definition) is 2. The molecule has 1 rings (SSSR count). The molecule has 0 saturated heterocycles. The number of carboxylic acids is 1. The third-order valence-corrected chi connectivity index (χ3v) is 2.02. The summed E-state index contributed by atoms with van der Waals surface area (Å²) in [6, 6.07) is 5.43. The summed E-state index contributed by atoms with van der Waals surface area (Å²) in [5.74, 6) is -0.932. The molecule has 0 amide bonds. The highest BCUT2D eigenvalue weighted by Gasteiger charge is 2.02. The number of rotatable bonds is 2. The topological polar surface area (TPSA) is 63.3 Å². The van der Waals surface area contributed by atoms with Crippen LogP contribution >= 0.6 is 0 Å². The van der Waals surface area contributed by atoms with Gasteiger partial charge < -0.3 is 10.8 Å². The Hall–Kier alpha value is -1.77. The smallest absolute Gasteiger partial charge is 0.328 e. The molecule has 1 aromatic carbocycles. The second-order valence-electron chi connectivity index (χ2n) is 3.24. The lowest BCUT2D eigenvalue weighted by atomic mass is 10.0. The number of aliphatic carboxylic acids is 1. The van der Waals surface area contributed by atoms with Gasteiger partial charge in [0.15, 0.2) is 0 Å². The van der Waals surface area contributed by atoms with Crippen LogP contribution in [0.25, 0.3) is 5.57 Å². The van der Waals surface area contributed by atoms with Crippen LogP contribution in [0.4, 0.5) is 5.69 Å². The number of benzene rings is 1. The van der Waals surface area contributed by atoms with Gasteiger partial charge in [-0.25, -0.2) is 4.79 Å². The van der Waals surface area contributed by atoms with Gasteiger partial charge in [0.05, 0.1) is 0 Å². The molecule has 3 heteroatoms. The highest BCUT2D eigenvalue weighted by atomic mass is 16.4. The van der Waals surface area contributed by atoms with Crippen LogP contribution in [0.2, 0.25) is 0 Å². The minimum absolute atomic E-state index is 0.689. The van der Waals surface area contributed by atoms with E-state index in [0.29, 0.717) is 5.69 Å². The number of allylic oxidation sites excluding steroid dienone is 1. The maximum absolute atomic E-state index is 10.5. The molecule has 1 aromatic rings. The van der Waals surface area contributed by atoms with E-state index in [1.54, 1.807) is 13.0 Å². The minimum atomic E-state index is -0.932. The normalized spacial score (nSPS) is 11.4. The lowest BCUT2D eigenvalue weighted by molar-refractivity contribution is -0.131. The first-order valence-corrected chi connectivity index (χ1v) is 4.28. The van der Waals surface area contributed by atoms with Gasteiger partial charge in [-0.15, -0.1) is 0 Å². The predicted octanol–water partition coefficient (Wildman–Crippen LogP) is 2.07. The standard InChI is InChI=1S/C11H13NO2/c1-7-5-9(12)3-4-10(7)8(2)6-11(13)14/h3-6H,12H2,1-2H3,(H,13,14). The summed E-state index contributed by atoms with van der Waals surface area (Å²) >= 11 is 0. The molecule has 0 atom stereocenters. The summed E-state index contributed by atoms with van der Waals surface area (Å²) in [6.07, 6.45) is 1.19. The van der Waals surface area contributed by atoms with Crippen LogP contribution in [0, 0.1) is 6.92 Å². The number of nitrogen functional groups attached to an aromatic ring is 1. The average Bonchev–Trinajstić information content (AvgIpc) is 2.01. The zero-order chi connectivity index (χ0) is 10.7. The number of hydrogen-bond acceptors (Lipinski definition) is 2. The van der Waals surface area contributed by atoms with Gasteiger partial charge in [0.2, 0.25) is 0 Å². The van der Waals surface area contributed by atoms with Gasteiger partial charge in [0, 0.05) is 11.8 Å². The van der Waals surface area contributed by atoms with Crippen molar-refractivity contribution in [3.63, 3.8) is 0 Å². The van der Waals surface area contributed by atoms with Crippen molar-refractivity contribution in [2.75, 3.05) is 5.73 Å². The van der Waals surface area contributed by atoms with Crippen LogP contribution in [-0.2, 0) is 4.79 Å². The molecule has 0 fully saturated rings. The number of carboxylic acid groups (broad SMARTS) is 1. The van der Waals surface area contributed by atoms with E-state index in [1.165, 1.54) is 6.08 Å². The third-order valence-electron chi connectivity index (χ3n) is 2.02. The van der Waals surface area contributed by atoms with Gasteiger partial charge >= 0.3 is 5.97 Å². The van der Waals surface area contributed by atoms with E-state index in [-0.39, 0.29) is 0 Å². The van der Waals surface area contributed by atoms with E-state index in [9.17, 15) is 4.79 Å². The van der Waals surface area contributed by atoms with E-state index in [4.69, 9.17) is 10.8 Å². The van der Waals surface area contributed by atoms with E-state index >= 15 is 0 Å². The Morgan fingerprint density at radius 1 is 1.50 bits per heavy atom. The zero-order valence-corrected chi connectivity index (χ0v) is 8.24. The Morgan fingerprint density at radius 3 is 2.64 bits per heavy atom. The van der Waals surface area contributed by atoms with Crippen LogP contribution in [0.5, 0.6) is 0 Å². The molecule has 3 nitrogen and oxygen atoms in total. The molecule has 0 bridgehead atoms. The molecule has 0 radical (unpaired) electrons. The lowest BCUT2D eigenvalue weighted by Gasteiger charge is -2.06. The first kappa shape index (κ1) is 10.3. The molecular formula is C11H13NO2. The second kappa shape index (κ2) is 3.96. The van der Waals surface area contributed by atoms with Crippen molar-refractivity contribution in [2.24, 2.45) is 0 Å². The Balaban J connectivity index is 3.14. The largest absolute Gasteiger partial charge is 0.478 e.